The lowest BCUT2D eigenvalue weighted by Gasteiger charge is -2.36. The minimum atomic E-state index is -3.24. The molecule has 10 nitrogen and oxygen atoms in total. The molecule has 3 aliphatic rings. The number of nitrogens with one attached hydrogen (secondary N) is 2. The van der Waals surface area contributed by atoms with E-state index in [2.05, 4.69) is 20.5 Å². The second-order valence-electron chi connectivity index (χ2n) is 8.34. The van der Waals surface area contributed by atoms with Gasteiger partial charge in [-0.3, -0.25) is 0 Å². The molecule has 0 aliphatic carbocycles. The first-order valence-corrected chi connectivity index (χ1v) is 12.5. The maximum Gasteiger partial charge on any atom is 0.319 e. The van der Waals surface area contributed by atoms with Gasteiger partial charge >= 0.3 is 6.03 Å². The van der Waals surface area contributed by atoms with Crippen molar-refractivity contribution in [2.45, 2.75) is 36.4 Å². The highest BCUT2D eigenvalue weighted by Gasteiger charge is 2.42. The number of fused-ring (bicyclic) bond motifs is 3. The summed E-state index contributed by atoms with van der Waals surface area (Å²) in [6.07, 6.45) is 2.01. The lowest BCUT2D eigenvalue weighted by atomic mass is 10.1. The summed E-state index contributed by atoms with van der Waals surface area (Å²) in [4.78, 5) is 23.5. The maximum atomic E-state index is 12.4. The number of benzene rings is 1. The first kappa shape index (κ1) is 21.1. The van der Waals surface area contributed by atoms with Crippen molar-refractivity contribution < 1.29 is 23.1 Å². The fourth-order valence-corrected chi connectivity index (χ4v) is 6.12. The molecule has 2 bridgehead atoms. The number of hydrogen-bond acceptors (Lipinski definition) is 8. The summed E-state index contributed by atoms with van der Waals surface area (Å²) < 4.78 is 30.5. The van der Waals surface area contributed by atoms with Crippen LogP contribution in [0, 0.1) is 0 Å². The standard InChI is InChI=1S/C21H25N5O5S/c27-8-7-22-21(28)23-14-3-1-13(2-4-14)19-24-18-12-32(29,30)11-17(18)20(25-19)26-15-5-6-16(26)10-31-9-15/h1-4,15-16,27H,5-12H2,(H2,22,23,28). The Morgan fingerprint density at radius 1 is 1.12 bits per heavy atom. The quantitative estimate of drug-likeness (QED) is 0.604. The van der Waals surface area contributed by atoms with Crippen LogP contribution in [0.25, 0.3) is 11.4 Å². The number of aliphatic hydroxyl groups excluding tert-OH is 1. The van der Waals surface area contributed by atoms with Gasteiger partial charge < -0.3 is 25.4 Å². The van der Waals surface area contributed by atoms with Crippen LogP contribution in [0.3, 0.4) is 0 Å². The second kappa shape index (κ2) is 8.30. The van der Waals surface area contributed by atoms with Crippen molar-refractivity contribution in [2.24, 2.45) is 0 Å². The number of ether oxygens (including phenoxy) is 1. The largest absolute Gasteiger partial charge is 0.395 e. The number of nitrogens with zero attached hydrogens (tertiary/aromatic N) is 3. The molecule has 0 saturated carbocycles. The fourth-order valence-electron chi connectivity index (χ4n) is 4.63. The molecule has 0 radical (unpaired) electrons. The fraction of sp³-hybridized carbons (Fsp3) is 0.476. The van der Waals surface area contributed by atoms with Gasteiger partial charge in [0.2, 0.25) is 0 Å². The van der Waals surface area contributed by atoms with Crippen LogP contribution in [-0.2, 0) is 26.1 Å². The Bertz CT molecular complexity index is 1120. The van der Waals surface area contributed by atoms with E-state index in [1.807, 2.05) is 0 Å². The van der Waals surface area contributed by atoms with Crippen molar-refractivity contribution in [3.63, 3.8) is 0 Å². The first-order valence-electron chi connectivity index (χ1n) is 10.7. The van der Waals surface area contributed by atoms with Gasteiger partial charge in [0.15, 0.2) is 15.7 Å². The van der Waals surface area contributed by atoms with E-state index < -0.39 is 15.9 Å². The van der Waals surface area contributed by atoms with Crippen LogP contribution in [0.2, 0.25) is 0 Å². The summed E-state index contributed by atoms with van der Waals surface area (Å²) in [6, 6.07) is 7.06. The van der Waals surface area contributed by atoms with Crippen LogP contribution >= 0.6 is 0 Å². The van der Waals surface area contributed by atoms with Gasteiger partial charge in [-0.25, -0.2) is 23.2 Å². The number of aliphatic hydroxyl groups is 1. The molecule has 1 aromatic heterocycles. The van der Waals surface area contributed by atoms with Gasteiger partial charge in [-0.05, 0) is 37.1 Å². The summed E-state index contributed by atoms with van der Waals surface area (Å²) >= 11 is 0. The van der Waals surface area contributed by atoms with E-state index >= 15 is 0 Å². The first-order chi connectivity index (χ1) is 15.4. The molecule has 0 spiro atoms. The van der Waals surface area contributed by atoms with Crippen LogP contribution in [0.4, 0.5) is 16.3 Å². The summed E-state index contributed by atoms with van der Waals surface area (Å²) in [7, 11) is -3.24. The third-order valence-corrected chi connectivity index (χ3v) is 7.52. The van der Waals surface area contributed by atoms with Gasteiger partial charge in [0.1, 0.15) is 5.82 Å². The summed E-state index contributed by atoms with van der Waals surface area (Å²) in [6.45, 7) is 1.28. The van der Waals surface area contributed by atoms with E-state index in [-0.39, 0.29) is 36.7 Å². The van der Waals surface area contributed by atoms with Gasteiger partial charge in [0.25, 0.3) is 0 Å². The van der Waals surface area contributed by atoms with E-state index in [1.165, 1.54) is 0 Å². The Labute approximate surface area is 185 Å². The number of morpholine rings is 1. The number of aromatic nitrogens is 2. The average molecular weight is 460 g/mol. The number of sulfone groups is 1. The Morgan fingerprint density at radius 2 is 1.84 bits per heavy atom. The predicted molar refractivity (Wildman–Crippen MR) is 118 cm³/mol. The third kappa shape index (κ3) is 4.03. The Morgan fingerprint density at radius 3 is 2.53 bits per heavy atom. The zero-order valence-electron chi connectivity index (χ0n) is 17.5. The Balaban J connectivity index is 1.47. The highest BCUT2D eigenvalue weighted by atomic mass is 32.2. The number of carbonyl (C=O) groups excluding carboxylic acids is 1. The monoisotopic (exact) mass is 459 g/mol. The predicted octanol–water partition coefficient (Wildman–Crippen LogP) is 1.05. The highest BCUT2D eigenvalue weighted by molar-refractivity contribution is 7.90. The van der Waals surface area contributed by atoms with Crippen LogP contribution in [0.15, 0.2) is 24.3 Å². The molecular weight excluding hydrogens is 434 g/mol. The zero-order valence-corrected chi connectivity index (χ0v) is 18.3. The molecule has 2 fully saturated rings. The van der Waals surface area contributed by atoms with Crippen molar-refractivity contribution in [1.29, 1.82) is 0 Å². The van der Waals surface area contributed by atoms with Crippen LogP contribution < -0.4 is 15.5 Å². The second-order valence-corrected chi connectivity index (χ2v) is 10.4. The maximum absolute atomic E-state index is 12.4. The number of rotatable bonds is 5. The summed E-state index contributed by atoms with van der Waals surface area (Å²) in [5, 5.41) is 14.0. The van der Waals surface area contributed by atoms with Gasteiger partial charge in [0, 0.05) is 23.4 Å². The van der Waals surface area contributed by atoms with E-state index in [1.54, 1.807) is 24.3 Å². The van der Waals surface area contributed by atoms with Gasteiger partial charge in [0.05, 0.1) is 49.1 Å². The van der Waals surface area contributed by atoms with E-state index in [4.69, 9.17) is 14.8 Å². The van der Waals surface area contributed by atoms with Gasteiger partial charge in [-0.1, -0.05) is 0 Å². The molecule has 1 aromatic carbocycles. The molecule has 5 rings (SSSR count). The molecule has 2 atom stereocenters. The van der Waals surface area contributed by atoms with Crippen molar-refractivity contribution in [3.05, 3.63) is 35.5 Å². The molecule has 170 valence electrons. The molecular formula is C21H25N5O5S. The lowest BCUT2D eigenvalue weighted by Crippen LogP contribution is -2.47. The number of hydrogen-bond donors (Lipinski definition) is 3. The number of urea groups is 1. The van der Waals surface area contributed by atoms with Crippen LogP contribution in [0.1, 0.15) is 24.1 Å². The average Bonchev–Trinajstić information content (AvgIpc) is 3.21. The summed E-state index contributed by atoms with van der Waals surface area (Å²) in [5.41, 5.74) is 2.60. The van der Waals surface area contributed by atoms with E-state index in [9.17, 15) is 13.2 Å². The molecule has 2 aromatic rings. The molecule has 2 unspecified atom stereocenters. The molecule has 11 heteroatoms. The molecule has 2 saturated heterocycles. The summed E-state index contributed by atoms with van der Waals surface area (Å²) in [5.74, 6) is 1.08. The van der Waals surface area contributed by atoms with E-state index in [0.29, 0.717) is 41.8 Å². The third-order valence-electron chi connectivity index (χ3n) is 6.08. The lowest BCUT2D eigenvalue weighted by molar-refractivity contribution is 0.0901. The van der Waals surface area contributed by atoms with Crippen molar-refractivity contribution in [3.8, 4) is 11.4 Å². The smallest absolute Gasteiger partial charge is 0.319 e. The Hall–Kier alpha value is -2.76. The molecule has 32 heavy (non-hydrogen) atoms. The molecule has 2 amide bonds. The van der Waals surface area contributed by atoms with Crippen LogP contribution in [-0.4, -0.2) is 68.0 Å². The Kier molecular flexibility index (Phi) is 5.48. The van der Waals surface area contributed by atoms with Crippen molar-refractivity contribution in [1.82, 2.24) is 15.3 Å². The minimum Gasteiger partial charge on any atom is -0.395 e. The SMILES string of the molecule is O=C(NCCO)Nc1ccc(-c2nc3c(c(N4C5CCC4COC5)n2)CS(=O)(=O)C3)cc1. The molecule has 3 N–H and O–H groups in total. The molecule has 4 heterocycles. The molecule has 3 aliphatic heterocycles. The number of amides is 2. The minimum absolute atomic E-state index is 0.0272. The normalized spacial score (nSPS) is 23.1. The highest BCUT2D eigenvalue weighted by Crippen LogP contribution is 2.39. The van der Waals surface area contributed by atoms with Crippen molar-refractivity contribution >= 4 is 27.4 Å². The van der Waals surface area contributed by atoms with Gasteiger partial charge in [-0.2, -0.15) is 0 Å². The van der Waals surface area contributed by atoms with E-state index in [0.717, 1.165) is 18.4 Å². The topological polar surface area (TPSA) is 134 Å². The number of anilines is 2. The van der Waals surface area contributed by atoms with Crippen molar-refractivity contribution in [2.75, 3.05) is 36.6 Å². The number of carbonyl (C=O) groups is 1. The zero-order chi connectivity index (χ0) is 22.3. The van der Waals surface area contributed by atoms with Gasteiger partial charge in [-0.15, -0.1) is 0 Å². The van der Waals surface area contributed by atoms with Crippen LogP contribution in [0.5, 0.6) is 0 Å².